The van der Waals surface area contributed by atoms with E-state index in [0.717, 1.165) is 38.7 Å². The Morgan fingerprint density at radius 3 is 2.71 bits per heavy atom. The molecular formula is C14H22O2S. The molecule has 17 heavy (non-hydrogen) atoms. The molecule has 0 bridgehead atoms. The zero-order valence-electron chi connectivity index (χ0n) is 10.5. The summed E-state index contributed by atoms with van der Waals surface area (Å²) < 4.78 is 6.07. The van der Waals surface area contributed by atoms with Crippen LogP contribution in [0.5, 0.6) is 0 Å². The van der Waals surface area contributed by atoms with Gasteiger partial charge in [-0.15, -0.1) is 0 Å². The quantitative estimate of drug-likeness (QED) is 0.774. The first kappa shape index (κ1) is 12.0. The van der Waals surface area contributed by atoms with Gasteiger partial charge in [-0.2, -0.15) is 11.8 Å². The largest absolute Gasteiger partial charge is 0.375 e. The minimum Gasteiger partial charge on any atom is -0.375 e. The standard InChI is InChI=1S/C14H22O2S/c15-13(12-1-2-12)9-11-3-6-16-14(10-11)4-7-17-8-5-14/h11-12H,1-10H2. The topological polar surface area (TPSA) is 26.3 Å². The highest BCUT2D eigenvalue weighted by Crippen LogP contribution is 2.42. The molecule has 2 saturated heterocycles. The van der Waals surface area contributed by atoms with Gasteiger partial charge in [0.05, 0.1) is 5.60 Å². The predicted octanol–water partition coefficient (Wildman–Crippen LogP) is 3.05. The fourth-order valence-electron chi connectivity index (χ4n) is 3.25. The van der Waals surface area contributed by atoms with Gasteiger partial charge in [0, 0.05) is 18.9 Å². The minimum absolute atomic E-state index is 0.151. The number of hydrogen-bond acceptors (Lipinski definition) is 3. The molecule has 0 amide bonds. The van der Waals surface area contributed by atoms with Crippen molar-refractivity contribution in [2.24, 2.45) is 11.8 Å². The maximum Gasteiger partial charge on any atom is 0.136 e. The molecule has 0 radical (unpaired) electrons. The van der Waals surface area contributed by atoms with Crippen molar-refractivity contribution in [3.63, 3.8) is 0 Å². The summed E-state index contributed by atoms with van der Waals surface area (Å²) in [5.74, 6) is 4.07. The van der Waals surface area contributed by atoms with Crippen molar-refractivity contribution in [1.82, 2.24) is 0 Å². The molecule has 0 aromatic carbocycles. The maximum absolute atomic E-state index is 11.9. The maximum atomic E-state index is 11.9. The first-order valence-corrected chi connectivity index (χ1v) is 8.17. The molecule has 1 saturated carbocycles. The molecule has 0 aromatic rings. The van der Waals surface area contributed by atoms with E-state index >= 15 is 0 Å². The Morgan fingerprint density at radius 1 is 1.24 bits per heavy atom. The lowest BCUT2D eigenvalue weighted by Gasteiger charge is -2.43. The summed E-state index contributed by atoms with van der Waals surface area (Å²) in [7, 11) is 0. The van der Waals surface area contributed by atoms with E-state index in [1.807, 2.05) is 11.8 Å². The molecule has 2 heterocycles. The highest BCUT2D eigenvalue weighted by atomic mass is 32.2. The van der Waals surface area contributed by atoms with E-state index in [-0.39, 0.29) is 5.60 Å². The number of ketones is 1. The third-order valence-corrected chi connectivity index (χ3v) is 5.51. The van der Waals surface area contributed by atoms with Crippen molar-refractivity contribution >= 4 is 17.5 Å². The van der Waals surface area contributed by atoms with Crippen molar-refractivity contribution < 1.29 is 9.53 Å². The molecule has 1 atom stereocenters. The molecule has 1 spiro atoms. The van der Waals surface area contributed by atoms with E-state index in [2.05, 4.69) is 0 Å². The van der Waals surface area contributed by atoms with Gasteiger partial charge in [-0.1, -0.05) is 0 Å². The summed E-state index contributed by atoms with van der Waals surface area (Å²) >= 11 is 2.05. The average molecular weight is 254 g/mol. The van der Waals surface area contributed by atoms with E-state index in [0.29, 0.717) is 17.6 Å². The monoisotopic (exact) mass is 254 g/mol. The molecule has 3 rings (SSSR count). The summed E-state index contributed by atoms with van der Waals surface area (Å²) in [5, 5.41) is 0. The first-order chi connectivity index (χ1) is 8.27. The molecule has 96 valence electrons. The highest BCUT2D eigenvalue weighted by molar-refractivity contribution is 7.99. The second kappa shape index (κ2) is 4.93. The Kier molecular flexibility index (Phi) is 3.49. The molecule has 0 N–H and O–H groups in total. The Hall–Kier alpha value is -0.0200. The van der Waals surface area contributed by atoms with Crippen molar-refractivity contribution in [3.8, 4) is 0 Å². The minimum atomic E-state index is 0.151. The van der Waals surface area contributed by atoms with E-state index in [9.17, 15) is 4.79 Å². The lowest BCUT2D eigenvalue weighted by Crippen LogP contribution is -2.43. The van der Waals surface area contributed by atoms with Crippen LogP contribution in [0.3, 0.4) is 0 Å². The Balaban J connectivity index is 1.56. The third kappa shape index (κ3) is 2.87. The second-order valence-electron chi connectivity index (χ2n) is 5.95. The van der Waals surface area contributed by atoms with Gasteiger partial charge in [0.1, 0.15) is 5.78 Å². The predicted molar refractivity (Wildman–Crippen MR) is 70.3 cm³/mol. The number of rotatable bonds is 3. The van der Waals surface area contributed by atoms with Crippen LogP contribution >= 0.6 is 11.8 Å². The Labute approximate surface area is 108 Å². The first-order valence-electron chi connectivity index (χ1n) is 7.02. The normalized spacial score (nSPS) is 32.6. The molecule has 2 nitrogen and oxygen atoms in total. The van der Waals surface area contributed by atoms with Crippen molar-refractivity contribution in [1.29, 1.82) is 0 Å². The molecular weight excluding hydrogens is 232 g/mol. The fourth-order valence-corrected chi connectivity index (χ4v) is 4.49. The van der Waals surface area contributed by atoms with Crippen LogP contribution in [0.1, 0.15) is 44.9 Å². The number of carbonyl (C=O) groups excluding carboxylic acids is 1. The summed E-state index contributed by atoms with van der Waals surface area (Å²) in [6.45, 7) is 0.882. The molecule has 3 aliphatic rings. The van der Waals surface area contributed by atoms with Crippen LogP contribution in [0, 0.1) is 11.8 Å². The summed E-state index contributed by atoms with van der Waals surface area (Å²) in [5.41, 5.74) is 0.151. The lowest BCUT2D eigenvalue weighted by atomic mass is 9.79. The van der Waals surface area contributed by atoms with E-state index in [1.54, 1.807) is 0 Å². The Morgan fingerprint density at radius 2 is 2.00 bits per heavy atom. The van der Waals surface area contributed by atoms with E-state index in [1.165, 1.54) is 24.3 Å². The van der Waals surface area contributed by atoms with Gasteiger partial charge in [-0.25, -0.2) is 0 Å². The van der Waals surface area contributed by atoms with Gasteiger partial charge in [0.2, 0.25) is 0 Å². The van der Waals surface area contributed by atoms with Gasteiger partial charge < -0.3 is 4.74 Å². The highest BCUT2D eigenvalue weighted by Gasteiger charge is 2.40. The number of thioether (sulfide) groups is 1. The van der Waals surface area contributed by atoms with E-state index in [4.69, 9.17) is 4.74 Å². The number of hydrogen-bond donors (Lipinski definition) is 0. The molecule has 1 aliphatic carbocycles. The van der Waals surface area contributed by atoms with Crippen LogP contribution in [0.25, 0.3) is 0 Å². The number of Topliss-reactive ketones (excluding diaryl/α,β-unsaturated/α-hetero) is 1. The molecule has 0 aromatic heterocycles. The van der Waals surface area contributed by atoms with Crippen LogP contribution in [0.4, 0.5) is 0 Å². The van der Waals surface area contributed by atoms with Gasteiger partial charge in [-0.3, -0.25) is 4.79 Å². The molecule has 3 heteroatoms. The number of ether oxygens (including phenoxy) is 1. The zero-order valence-corrected chi connectivity index (χ0v) is 11.3. The summed E-state index contributed by atoms with van der Waals surface area (Å²) in [6.07, 6.45) is 7.80. The summed E-state index contributed by atoms with van der Waals surface area (Å²) in [6, 6.07) is 0. The fraction of sp³-hybridized carbons (Fsp3) is 0.929. The lowest BCUT2D eigenvalue weighted by molar-refractivity contribution is -0.127. The van der Waals surface area contributed by atoms with E-state index < -0.39 is 0 Å². The van der Waals surface area contributed by atoms with Crippen LogP contribution in [0.2, 0.25) is 0 Å². The SMILES string of the molecule is O=C(CC1CCOC2(CCSCC2)C1)C1CC1. The molecule has 2 aliphatic heterocycles. The number of carbonyl (C=O) groups is 1. The van der Waals surface area contributed by atoms with Gasteiger partial charge in [-0.05, 0) is 55.9 Å². The van der Waals surface area contributed by atoms with Gasteiger partial charge in [0.25, 0.3) is 0 Å². The zero-order chi connectivity index (χ0) is 11.7. The smallest absolute Gasteiger partial charge is 0.136 e. The summed E-state index contributed by atoms with van der Waals surface area (Å²) in [4.78, 5) is 11.9. The van der Waals surface area contributed by atoms with Crippen molar-refractivity contribution in [3.05, 3.63) is 0 Å². The second-order valence-corrected chi connectivity index (χ2v) is 7.17. The van der Waals surface area contributed by atoms with Gasteiger partial charge >= 0.3 is 0 Å². The Bertz CT molecular complexity index is 287. The van der Waals surface area contributed by atoms with Crippen molar-refractivity contribution in [2.45, 2.75) is 50.5 Å². The third-order valence-electron chi connectivity index (χ3n) is 4.52. The average Bonchev–Trinajstić information content (AvgIpc) is 3.14. The van der Waals surface area contributed by atoms with Crippen molar-refractivity contribution in [2.75, 3.05) is 18.1 Å². The van der Waals surface area contributed by atoms with Crippen LogP contribution in [-0.4, -0.2) is 29.5 Å². The van der Waals surface area contributed by atoms with Crippen LogP contribution in [0.15, 0.2) is 0 Å². The van der Waals surface area contributed by atoms with Crippen LogP contribution in [-0.2, 0) is 9.53 Å². The molecule has 3 fully saturated rings. The van der Waals surface area contributed by atoms with Gasteiger partial charge in [0.15, 0.2) is 0 Å². The van der Waals surface area contributed by atoms with Crippen LogP contribution < -0.4 is 0 Å². The molecule has 1 unspecified atom stereocenters.